The first-order chi connectivity index (χ1) is 10.5. The fourth-order valence-corrected chi connectivity index (χ4v) is 3.61. The highest BCUT2D eigenvalue weighted by Gasteiger charge is 2.34. The van der Waals surface area contributed by atoms with E-state index in [0.717, 1.165) is 18.7 Å². The van der Waals surface area contributed by atoms with Crippen molar-refractivity contribution >= 4 is 5.91 Å². The second-order valence-electron chi connectivity index (χ2n) is 7.13. The van der Waals surface area contributed by atoms with Gasteiger partial charge in [-0.1, -0.05) is 18.2 Å². The number of fused-ring (bicyclic) bond motifs is 2. The molecule has 118 valence electrons. The predicted octanol–water partition coefficient (Wildman–Crippen LogP) is 3.43. The Morgan fingerprint density at radius 2 is 2.23 bits per heavy atom. The van der Waals surface area contributed by atoms with Crippen molar-refractivity contribution in [3.63, 3.8) is 0 Å². The van der Waals surface area contributed by atoms with E-state index in [1.165, 1.54) is 30.5 Å². The minimum Gasteiger partial charge on any atom is -0.388 e. The third kappa shape index (κ3) is 2.65. The van der Waals surface area contributed by atoms with Crippen LogP contribution in [-0.4, -0.2) is 12.5 Å². The fraction of sp³-hybridized carbons (Fsp3) is 0.526. The molecule has 0 radical (unpaired) electrons. The molecule has 3 aliphatic rings. The lowest BCUT2D eigenvalue weighted by Crippen LogP contribution is -2.40. The molecule has 0 aromatic heterocycles. The SMILES string of the molecule is C=CC(C)(C)C(=O)NC1=CC=CC2=C3NCCCC3CCC12. The van der Waals surface area contributed by atoms with E-state index in [0.29, 0.717) is 11.8 Å². The van der Waals surface area contributed by atoms with E-state index in [1.807, 2.05) is 13.8 Å². The number of hydrogen-bond donors (Lipinski definition) is 2. The number of nitrogens with one attached hydrogen (secondary N) is 2. The Morgan fingerprint density at radius 3 is 3.00 bits per heavy atom. The third-order valence-electron chi connectivity index (χ3n) is 5.22. The van der Waals surface area contributed by atoms with Crippen molar-refractivity contribution in [3.8, 4) is 0 Å². The summed E-state index contributed by atoms with van der Waals surface area (Å²) in [5.41, 5.74) is 3.29. The molecule has 1 aliphatic heterocycles. The minimum atomic E-state index is -0.546. The maximum Gasteiger partial charge on any atom is 0.233 e. The van der Waals surface area contributed by atoms with Crippen LogP contribution >= 0.6 is 0 Å². The first kappa shape index (κ1) is 15.1. The summed E-state index contributed by atoms with van der Waals surface area (Å²) in [4.78, 5) is 12.4. The van der Waals surface area contributed by atoms with Crippen molar-refractivity contribution in [2.45, 2.75) is 39.5 Å². The molecule has 3 nitrogen and oxygen atoms in total. The molecule has 0 aromatic rings. The van der Waals surface area contributed by atoms with Gasteiger partial charge >= 0.3 is 0 Å². The van der Waals surface area contributed by atoms with Gasteiger partial charge in [0, 0.05) is 23.9 Å². The Labute approximate surface area is 133 Å². The molecule has 0 spiro atoms. The molecular formula is C19H26N2O. The van der Waals surface area contributed by atoms with E-state index >= 15 is 0 Å². The Bertz CT molecular complexity index is 580. The molecule has 1 fully saturated rings. The van der Waals surface area contributed by atoms with Gasteiger partial charge in [0.15, 0.2) is 0 Å². The van der Waals surface area contributed by atoms with Crippen LogP contribution in [0, 0.1) is 17.3 Å². The molecule has 2 aliphatic carbocycles. The number of carbonyl (C=O) groups is 1. The van der Waals surface area contributed by atoms with E-state index < -0.39 is 5.41 Å². The van der Waals surface area contributed by atoms with E-state index in [2.05, 4.69) is 35.4 Å². The minimum absolute atomic E-state index is 0.0205. The van der Waals surface area contributed by atoms with Gasteiger partial charge in [-0.2, -0.15) is 0 Å². The largest absolute Gasteiger partial charge is 0.388 e. The van der Waals surface area contributed by atoms with Gasteiger partial charge in [-0.15, -0.1) is 6.58 Å². The standard InChI is InChI=1S/C19H26N2O/c1-4-19(2,3)18(22)21-16-9-5-8-15-14(16)11-10-13-7-6-12-20-17(13)15/h4-5,8-9,13-14,20H,1,6-7,10-12H2,2-3H3,(H,21,22). The third-order valence-corrected chi connectivity index (χ3v) is 5.22. The highest BCUT2D eigenvalue weighted by atomic mass is 16.2. The van der Waals surface area contributed by atoms with Gasteiger partial charge in [0.25, 0.3) is 0 Å². The molecule has 2 unspecified atom stereocenters. The van der Waals surface area contributed by atoms with Crippen molar-refractivity contribution in [1.29, 1.82) is 0 Å². The van der Waals surface area contributed by atoms with Gasteiger partial charge < -0.3 is 10.6 Å². The average Bonchev–Trinajstić information content (AvgIpc) is 2.54. The van der Waals surface area contributed by atoms with Crippen LogP contribution in [0.5, 0.6) is 0 Å². The van der Waals surface area contributed by atoms with Crippen LogP contribution in [0.4, 0.5) is 0 Å². The first-order valence-corrected chi connectivity index (χ1v) is 8.34. The Hall–Kier alpha value is -1.77. The van der Waals surface area contributed by atoms with Crippen LogP contribution in [0.15, 0.2) is 47.9 Å². The van der Waals surface area contributed by atoms with Crippen LogP contribution < -0.4 is 10.6 Å². The number of carbonyl (C=O) groups excluding carboxylic acids is 1. The molecule has 22 heavy (non-hydrogen) atoms. The zero-order valence-corrected chi connectivity index (χ0v) is 13.6. The number of allylic oxidation sites excluding steroid dienone is 5. The smallest absolute Gasteiger partial charge is 0.233 e. The molecule has 0 aromatic carbocycles. The number of hydrogen-bond acceptors (Lipinski definition) is 2. The summed E-state index contributed by atoms with van der Waals surface area (Å²) in [5, 5.41) is 6.75. The lowest BCUT2D eigenvalue weighted by Gasteiger charge is -2.39. The topological polar surface area (TPSA) is 41.1 Å². The molecule has 0 saturated carbocycles. The normalized spacial score (nSPS) is 27.3. The Balaban J connectivity index is 1.83. The van der Waals surface area contributed by atoms with Crippen LogP contribution in [0.2, 0.25) is 0 Å². The lowest BCUT2D eigenvalue weighted by atomic mass is 9.73. The van der Waals surface area contributed by atoms with Crippen molar-refractivity contribution < 1.29 is 4.79 Å². The van der Waals surface area contributed by atoms with Crippen molar-refractivity contribution in [1.82, 2.24) is 10.6 Å². The highest BCUT2D eigenvalue weighted by molar-refractivity contribution is 5.85. The molecule has 1 heterocycles. The van der Waals surface area contributed by atoms with Crippen molar-refractivity contribution in [3.05, 3.63) is 47.9 Å². The lowest BCUT2D eigenvalue weighted by molar-refractivity contribution is -0.126. The van der Waals surface area contributed by atoms with Gasteiger partial charge in [0.1, 0.15) is 0 Å². The van der Waals surface area contributed by atoms with Gasteiger partial charge in [-0.05, 0) is 57.1 Å². The number of piperidine rings is 1. The molecule has 0 bridgehead atoms. The maximum atomic E-state index is 12.4. The van der Waals surface area contributed by atoms with Gasteiger partial charge in [0.05, 0.1) is 5.41 Å². The molecule has 1 saturated heterocycles. The first-order valence-electron chi connectivity index (χ1n) is 8.34. The molecule has 2 atom stereocenters. The molecule has 3 rings (SSSR count). The quantitative estimate of drug-likeness (QED) is 0.784. The number of rotatable bonds is 3. The predicted molar refractivity (Wildman–Crippen MR) is 89.8 cm³/mol. The highest BCUT2D eigenvalue weighted by Crippen LogP contribution is 2.41. The molecular weight excluding hydrogens is 272 g/mol. The summed E-state index contributed by atoms with van der Waals surface area (Å²) < 4.78 is 0. The fourth-order valence-electron chi connectivity index (χ4n) is 3.61. The Morgan fingerprint density at radius 1 is 1.41 bits per heavy atom. The summed E-state index contributed by atoms with van der Waals surface area (Å²) in [7, 11) is 0. The second kappa shape index (κ2) is 5.79. The molecule has 2 N–H and O–H groups in total. The summed E-state index contributed by atoms with van der Waals surface area (Å²) >= 11 is 0. The monoisotopic (exact) mass is 298 g/mol. The zero-order valence-electron chi connectivity index (χ0n) is 13.6. The van der Waals surface area contributed by atoms with Crippen molar-refractivity contribution in [2.75, 3.05) is 6.54 Å². The Kier molecular flexibility index (Phi) is 3.98. The van der Waals surface area contributed by atoms with Gasteiger partial charge in [0.2, 0.25) is 5.91 Å². The van der Waals surface area contributed by atoms with Crippen LogP contribution in [0.1, 0.15) is 39.5 Å². The summed E-state index contributed by atoms with van der Waals surface area (Å²) in [6.45, 7) is 8.64. The van der Waals surface area contributed by atoms with E-state index in [-0.39, 0.29) is 5.91 Å². The van der Waals surface area contributed by atoms with Crippen LogP contribution in [-0.2, 0) is 4.79 Å². The van der Waals surface area contributed by atoms with E-state index in [1.54, 1.807) is 6.08 Å². The average molecular weight is 298 g/mol. The second-order valence-corrected chi connectivity index (χ2v) is 7.13. The zero-order chi connectivity index (χ0) is 15.7. The van der Waals surface area contributed by atoms with Crippen LogP contribution in [0.25, 0.3) is 0 Å². The van der Waals surface area contributed by atoms with Crippen molar-refractivity contribution in [2.24, 2.45) is 17.3 Å². The molecule has 3 heteroatoms. The van der Waals surface area contributed by atoms with Crippen LogP contribution in [0.3, 0.4) is 0 Å². The summed E-state index contributed by atoms with van der Waals surface area (Å²) in [5.74, 6) is 1.03. The van der Waals surface area contributed by atoms with E-state index in [4.69, 9.17) is 0 Å². The van der Waals surface area contributed by atoms with Gasteiger partial charge in [-0.3, -0.25) is 4.79 Å². The summed E-state index contributed by atoms with van der Waals surface area (Å²) in [6, 6.07) is 0. The van der Waals surface area contributed by atoms with Gasteiger partial charge in [-0.25, -0.2) is 0 Å². The maximum absolute atomic E-state index is 12.4. The molecule has 1 amide bonds. The summed E-state index contributed by atoms with van der Waals surface area (Å²) in [6.07, 6.45) is 12.9. The number of amides is 1. The van der Waals surface area contributed by atoms with E-state index in [9.17, 15) is 4.79 Å².